The first-order valence-corrected chi connectivity index (χ1v) is 5.42. The van der Waals surface area contributed by atoms with Crippen molar-refractivity contribution in [1.29, 1.82) is 0 Å². The summed E-state index contributed by atoms with van der Waals surface area (Å²) >= 11 is 0. The Labute approximate surface area is 89.8 Å². The first-order chi connectivity index (χ1) is 7.34. The molecular weight excluding hydrogens is 198 g/mol. The Hall–Kier alpha value is -0.650. The summed E-state index contributed by atoms with van der Waals surface area (Å²) in [4.78, 5) is 11.4. The summed E-state index contributed by atoms with van der Waals surface area (Å²) in [6, 6.07) is 0. The maximum Gasteiger partial charge on any atom is 0.249 e. The van der Waals surface area contributed by atoms with Crippen LogP contribution in [0.4, 0.5) is 0 Å². The first kappa shape index (κ1) is 12.4. The number of carbonyl (C=O) groups excluding carboxylic acids is 1. The fraction of sp³-hybridized carbons (Fsp3) is 0.900. The van der Waals surface area contributed by atoms with Crippen molar-refractivity contribution in [2.75, 3.05) is 33.0 Å². The van der Waals surface area contributed by atoms with Crippen molar-refractivity contribution in [2.45, 2.75) is 25.4 Å². The molecule has 1 aliphatic heterocycles. The van der Waals surface area contributed by atoms with Crippen molar-refractivity contribution in [3.8, 4) is 0 Å². The van der Waals surface area contributed by atoms with E-state index in [-0.39, 0.29) is 18.6 Å². The van der Waals surface area contributed by atoms with E-state index in [1.54, 1.807) is 0 Å². The van der Waals surface area contributed by atoms with Crippen molar-refractivity contribution < 1.29 is 19.4 Å². The van der Waals surface area contributed by atoms with Crippen LogP contribution in [0.3, 0.4) is 0 Å². The third-order valence-electron chi connectivity index (χ3n) is 2.22. The Bertz CT molecular complexity index is 180. The number of hydrogen-bond acceptors (Lipinski definition) is 4. The van der Waals surface area contributed by atoms with Crippen LogP contribution >= 0.6 is 0 Å². The molecule has 0 spiro atoms. The molecular formula is C10H19NO4. The van der Waals surface area contributed by atoms with Crippen LogP contribution in [0.15, 0.2) is 0 Å². The molecule has 1 rings (SSSR count). The second-order valence-electron chi connectivity index (χ2n) is 3.48. The van der Waals surface area contributed by atoms with Gasteiger partial charge in [0.05, 0.1) is 13.2 Å². The Morgan fingerprint density at radius 1 is 1.53 bits per heavy atom. The molecule has 1 fully saturated rings. The van der Waals surface area contributed by atoms with Crippen molar-refractivity contribution in [3.05, 3.63) is 0 Å². The van der Waals surface area contributed by atoms with E-state index >= 15 is 0 Å². The molecule has 5 nitrogen and oxygen atoms in total. The molecule has 0 aromatic rings. The van der Waals surface area contributed by atoms with E-state index in [1.807, 2.05) is 0 Å². The minimum atomic E-state index is -0.247. The van der Waals surface area contributed by atoms with Crippen molar-refractivity contribution in [3.63, 3.8) is 0 Å². The summed E-state index contributed by atoms with van der Waals surface area (Å²) in [5, 5.41) is 11.2. The van der Waals surface area contributed by atoms with E-state index in [2.05, 4.69) is 5.32 Å². The molecule has 1 amide bonds. The van der Waals surface area contributed by atoms with Gasteiger partial charge < -0.3 is 19.9 Å². The average molecular weight is 217 g/mol. The van der Waals surface area contributed by atoms with Gasteiger partial charge in [0.25, 0.3) is 0 Å². The van der Waals surface area contributed by atoms with E-state index in [1.165, 1.54) is 0 Å². The van der Waals surface area contributed by atoms with Crippen molar-refractivity contribution in [1.82, 2.24) is 5.32 Å². The molecule has 15 heavy (non-hydrogen) atoms. The molecule has 1 saturated heterocycles. The van der Waals surface area contributed by atoms with Crippen LogP contribution in [0.1, 0.15) is 19.3 Å². The number of amides is 1. The number of rotatable bonds is 7. The van der Waals surface area contributed by atoms with Gasteiger partial charge in [-0.05, 0) is 19.3 Å². The van der Waals surface area contributed by atoms with Gasteiger partial charge in [0.2, 0.25) is 5.91 Å². The van der Waals surface area contributed by atoms with Gasteiger partial charge in [-0.25, -0.2) is 0 Å². The highest BCUT2D eigenvalue weighted by molar-refractivity contribution is 5.80. The summed E-state index contributed by atoms with van der Waals surface area (Å²) in [6.07, 6.45) is 2.31. The zero-order valence-corrected chi connectivity index (χ0v) is 8.91. The largest absolute Gasteiger partial charge is 0.394 e. The second kappa shape index (κ2) is 7.62. The van der Waals surface area contributed by atoms with Gasteiger partial charge >= 0.3 is 0 Å². The molecule has 0 radical (unpaired) electrons. The Kier molecular flexibility index (Phi) is 6.31. The average Bonchev–Trinajstić information content (AvgIpc) is 2.76. The predicted molar refractivity (Wildman–Crippen MR) is 54.5 cm³/mol. The number of aliphatic hydroxyl groups excluding tert-OH is 1. The van der Waals surface area contributed by atoms with Gasteiger partial charge in [-0.2, -0.15) is 0 Å². The fourth-order valence-corrected chi connectivity index (χ4v) is 1.45. The summed E-state index contributed by atoms with van der Waals surface area (Å²) in [6.45, 7) is 2.26. The molecule has 0 aromatic heterocycles. The van der Waals surface area contributed by atoms with Crippen LogP contribution in [0.2, 0.25) is 0 Å². The SMILES string of the molecule is O=C(NCCCOCCO)[C@H]1CCCO1. The molecule has 1 aliphatic rings. The normalized spacial score (nSPS) is 20.5. The van der Waals surface area contributed by atoms with E-state index < -0.39 is 0 Å². The fourth-order valence-electron chi connectivity index (χ4n) is 1.45. The third-order valence-corrected chi connectivity index (χ3v) is 2.22. The molecule has 0 unspecified atom stereocenters. The van der Waals surface area contributed by atoms with Crippen LogP contribution < -0.4 is 5.32 Å². The highest BCUT2D eigenvalue weighted by atomic mass is 16.5. The minimum Gasteiger partial charge on any atom is -0.394 e. The topological polar surface area (TPSA) is 67.8 Å². The predicted octanol–water partition coefficient (Wildman–Crippen LogP) is -0.319. The number of ether oxygens (including phenoxy) is 2. The smallest absolute Gasteiger partial charge is 0.249 e. The number of hydrogen-bond donors (Lipinski definition) is 2. The number of carbonyl (C=O) groups is 1. The molecule has 88 valence electrons. The number of nitrogens with one attached hydrogen (secondary N) is 1. The van der Waals surface area contributed by atoms with Gasteiger partial charge in [0, 0.05) is 19.8 Å². The lowest BCUT2D eigenvalue weighted by atomic mass is 10.2. The summed E-state index contributed by atoms with van der Waals surface area (Å²) in [7, 11) is 0. The first-order valence-electron chi connectivity index (χ1n) is 5.42. The summed E-state index contributed by atoms with van der Waals surface area (Å²) < 4.78 is 10.3. The zero-order chi connectivity index (χ0) is 10.9. The maximum absolute atomic E-state index is 11.4. The van der Waals surface area contributed by atoms with Crippen LogP contribution in [0.25, 0.3) is 0 Å². The van der Waals surface area contributed by atoms with Crippen LogP contribution in [0, 0.1) is 0 Å². The Morgan fingerprint density at radius 2 is 2.40 bits per heavy atom. The van der Waals surface area contributed by atoms with Gasteiger partial charge in [-0.3, -0.25) is 4.79 Å². The Morgan fingerprint density at radius 3 is 3.07 bits per heavy atom. The highest BCUT2D eigenvalue weighted by Crippen LogP contribution is 2.11. The van der Waals surface area contributed by atoms with Crippen LogP contribution in [-0.4, -0.2) is 50.1 Å². The van der Waals surface area contributed by atoms with E-state index in [0.29, 0.717) is 26.4 Å². The quantitative estimate of drug-likeness (QED) is 0.574. The molecule has 1 heterocycles. The van der Waals surface area contributed by atoms with Crippen LogP contribution in [-0.2, 0) is 14.3 Å². The standard InChI is InChI=1S/C10H19NO4/c12-5-8-14-6-2-4-11-10(13)9-3-1-7-15-9/h9,12H,1-8H2,(H,11,13)/t9-/m1/s1. The third kappa shape index (κ3) is 5.11. The molecule has 2 N–H and O–H groups in total. The molecule has 5 heteroatoms. The number of aliphatic hydroxyl groups is 1. The van der Waals surface area contributed by atoms with Gasteiger partial charge in [0.1, 0.15) is 6.10 Å². The lowest BCUT2D eigenvalue weighted by molar-refractivity contribution is -0.130. The summed E-state index contributed by atoms with van der Waals surface area (Å²) in [5.41, 5.74) is 0. The monoisotopic (exact) mass is 217 g/mol. The molecule has 0 saturated carbocycles. The van der Waals surface area contributed by atoms with E-state index in [0.717, 1.165) is 19.3 Å². The van der Waals surface area contributed by atoms with Crippen molar-refractivity contribution in [2.24, 2.45) is 0 Å². The molecule has 1 atom stereocenters. The van der Waals surface area contributed by atoms with Crippen molar-refractivity contribution >= 4 is 5.91 Å². The van der Waals surface area contributed by atoms with Gasteiger partial charge in [-0.1, -0.05) is 0 Å². The van der Waals surface area contributed by atoms with Gasteiger partial charge in [-0.15, -0.1) is 0 Å². The lowest BCUT2D eigenvalue weighted by Gasteiger charge is -2.10. The van der Waals surface area contributed by atoms with E-state index in [4.69, 9.17) is 14.6 Å². The lowest BCUT2D eigenvalue weighted by Crippen LogP contribution is -2.35. The molecule has 0 aliphatic carbocycles. The summed E-state index contributed by atoms with van der Waals surface area (Å²) in [5.74, 6) is -0.0188. The Balaban J connectivity index is 1.92. The van der Waals surface area contributed by atoms with E-state index in [9.17, 15) is 4.79 Å². The second-order valence-corrected chi connectivity index (χ2v) is 3.48. The molecule has 0 bridgehead atoms. The van der Waals surface area contributed by atoms with Crippen LogP contribution in [0.5, 0.6) is 0 Å². The van der Waals surface area contributed by atoms with Gasteiger partial charge in [0.15, 0.2) is 0 Å². The highest BCUT2D eigenvalue weighted by Gasteiger charge is 2.22. The molecule has 0 aromatic carbocycles. The maximum atomic E-state index is 11.4. The minimum absolute atomic E-state index is 0.0188. The zero-order valence-electron chi connectivity index (χ0n) is 8.91.